The molecule has 2 aromatic carbocycles. The van der Waals surface area contributed by atoms with Crippen LogP contribution in [0.25, 0.3) is 0 Å². The number of rotatable bonds is 5. The Hall–Kier alpha value is -2.73. The van der Waals surface area contributed by atoms with E-state index >= 15 is 0 Å². The number of carbonyl (C=O) groups is 2. The van der Waals surface area contributed by atoms with Gasteiger partial charge in [-0.15, -0.1) is 0 Å². The third kappa shape index (κ3) is 3.92. The second-order valence-corrected chi connectivity index (χ2v) is 7.28. The standard InChI is InChI=1S/C21H23ClN2O4/c1-12-5-6-13(2)16(7-12)23-21(26)14-8-20(25)24(11-14)17-9-15(22)18(27-3)10-19(17)28-4/h5-7,9-10,14H,8,11H2,1-4H3,(H,23,26)/t14-/m0/s1. The smallest absolute Gasteiger partial charge is 0.229 e. The molecule has 0 radical (unpaired) electrons. The second-order valence-electron chi connectivity index (χ2n) is 6.87. The van der Waals surface area contributed by atoms with Crippen LogP contribution in [-0.4, -0.2) is 32.6 Å². The molecule has 1 aliphatic rings. The molecule has 1 N–H and O–H groups in total. The number of aryl methyl sites for hydroxylation is 2. The summed E-state index contributed by atoms with van der Waals surface area (Å²) in [6.45, 7) is 4.16. The van der Waals surface area contributed by atoms with Crippen LogP contribution in [0.4, 0.5) is 11.4 Å². The molecule has 2 aromatic rings. The molecule has 7 heteroatoms. The van der Waals surface area contributed by atoms with E-state index in [1.54, 1.807) is 12.1 Å². The molecule has 0 saturated carbocycles. The van der Waals surface area contributed by atoms with Gasteiger partial charge in [0.15, 0.2) is 0 Å². The van der Waals surface area contributed by atoms with Crippen LogP contribution in [0.3, 0.4) is 0 Å². The maximum atomic E-state index is 12.8. The molecule has 0 aromatic heterocycles. The highest BCUT2D eigenvalue weighted by atomic mass is 35.5. The summed E-state index contributed by atoms with van der Waals surface area (Å²) in [5, 5.41) is 3.32. The fraction of sp³-hybridized carbons (Fsp3) is 0.333. The van der Waals surface area contributed by atoms with Gasteiger partial charge in [0.1, 0.15) is 11.5 Å². The minimum Gasteiger partial charge on any atom is -0.495 e. The number of amides is 2. The van der Waals surface area contributed by atoms with Crippen molar-refractivity contribution in [3.8, 4) is 11.5 Å². The zero-order valence-electron chi connectivity index (χ0n) is 16.3. The van der Waals surface area contributed by atoms with Crippen LogP contribution in [0.2, 0.25) is 5.02 Å². The van der Waals surface area contributed by atoms with Gasteiger partial charge in [0.2, 0.25) is 11.8 Å². The summed E-state index contributed by atoms with van der Waals surface area (Å²) in [5.74, 6) is 0.130. The SMILES string of the molecule is COc1cc(OC)c(N2C[C@@H](C(=O)Nc3cc(C)ccc3C)CC2=O)cc1Cl. The minimum absolute atomic E-state index is 0.128. The van der Waals surface area contributed by atoms with Gasteiger partial charge in [-0.1, -0.05) is 23.7 Å². The van der Waals surface area contributed by atoms with Crippen LogP contribution in [0.15, 0.2) is 30.3 Å². The van der Waals surface area contributed by atoms with Crippen molar-refractivity contribution in [2.75, 3.05) is 31.0 Å². The van der Waals surface area contributed by atoms with Crippen LogP contribution in [0.1, 0.15) is 17.5 Å². The van der Waals surface area contributed by atoms with Gasteiger partial charge in [-0.2, -0.15) is 0 Å². The molecule has 1 aliphatic heterocycles. The molecule has 1 heterocycles. The molecule has 2 amide bonds. The summed E-state index contributed by atoms with van der Waals surface area (Å²) in [4.78, 5) is 26.9. The number of hydrogen-bond donors (Lipinski definition) is 1. The third-order valence-corrected chi connectivity index (χ3v) is 5.19. The van der Waals surface area contributed by atoms with Crippen molar-refractivity contribution in [3.05, 3.63) is 46.5 Å². The van der Waals surface area contributed by atoms with Crippen molar-refractivity contribution in [2.45, 2.75) is 20.3 Å². The van der Waals surface area contributed by atoms with Crippen molar-refractivity contribution in [3.63, 3.8) is 0 Å². The molecule has 0 aliphatic carbocycles. The summed E-state index contributed by atoms with van der Waals surface area (Å²) < 4.78 is 10.6. The van der Waals surface area contributed by atoms with Crippen LogP contribution < -0.4 is 19.7 Å². The van der Waals surface area contributed by atoms with E-state index in [0.29, 0.717) is 22.2 Å². The molecule has 28 heavy (non-hydrogen) atoms. The van der Waals surface area contributed by atoms with Crippen LogP contribution >= 0.6 is 11.6 Å². The Morgan fingerprint density at radius 2 is 1.86 bits per heavy atom. The Morgan fingerprint density at radius 1 is 1.14 bits per heavy atom. The summed E-state index contributed by atoms with van der Waals surface area (Å²) in [7, 11) is 3.02. The Kier molecular flexibility index (Phi) is 5.79. The highest BCUT2D eigenvalue weighted by molar-refractivity contribution is 6.32. The van der Waals surface area contributed by atoms with Crippen LogP contribution in [-0.2, 0) is 9.59 Å². The van der Waals surface area contributed by atoms with Crippen molar-refractivity contribution >= 4 is 34.8 Å². The van der Waals surface area contributed by atoms with E-state index in [9.17, 15) is 9.59 Å². The maximum absolute atomic E-state index is 12.8. The average molecular weight is 403 g/mol. The highest BCUT2D eigenvalue weighted by Gasteiger charge is 2.36. The Morgan fingerprint density at radius 3 is 2.54 bits per heavy atom. The molecule has 1 atom stereocenters. The molecular formula is C21H23ClN2O4. The average Bonchev–Trinajstić information content (AvgIpc) is 3.06. The molecule has 1 saturated heterocycles. The number of anilines is 2. The van der Waals surface area contributed by atoms with Gasteiger partial charge in [0.25, 0.3) is 0 Å². The number of nitrogens with zero attached hydrogens (tertiary/aromatic N) is 1. The summed E-state index contributed by atoms with van der Waals surface area (Å²) in [6.07, 6.45) is 0.128. The van der Waals surface area contributed by atoms with Gasteiger partial charge in [0.05, 0.1) is 30.8 Å². The van der Waals surface area contributed by atoms with E-state index < -0.39 is 5.92 Å². The number of hydrogen-bond acceptors (Lipinski definition) is 4. The number of nitrogens with one attached hydrogen (secondary N) is 1. The van der Waals surface area contributed by atoms with Gasteiger partial charge in [-0.05, 0) is 37.1 Å². The third-order valence-electron chi connectivity index (χ3n) is 4.89. The van der Waals surface area contributed by atoms with Crippen LogP contribution in [0, 0.1) is 19.8 Å². The highest BCUT2D eigenvalue weighted by Crippen LogP contribution is 2.40. The number of ether oxygens (including phenoxy) is 2. The molecule has 1 fully saturated rings. The monoisotopic (exact) mass is 402 g/mol. The predicted molar refractivity (Wildman–Crippen MR) is 110 cm³/mol. The normalized spacial score (nSPS) is 16.2. The zero-order chi connectivity index (χ0) is 20.4. The van der Waals surface area contributed by atoms with E-state index in [2.05, 4.69) is 5.32 Å². The van der Waals surface area contributed by atoms with Gasteiger partial charge in [-0.3, -0.25) is 9.59 Å². The van der Waals surface area contributed by atoms with Gasteiger partial charge >= 0.3 is 0 Å². The molecule has 0 bridgehead atoms. The second kappa shape index (κ2) is 8.10. The molecule has 6 nitrogen and oxygen atoms in total. The van der Waals surface area contributed by atoms with Crippen molar-refractivity contribution in [2.24, 2.45) is 5.92 Å². The number of methoxy groups -OCH3 is 2. The summed E-state index contributed by atoms with van der Waals surface area (Å²) in [5.41, 5.74) is 3.33. The fourth-order valence-electron chi connectivity index (χ4n) is 3.28. The predicted octanol–water partition coefficient (Wildman–Crippen LogP) is 3.97. The first-order valence-corrected chi connectivity index (χ1v) is 9.31. The summed E-state index contributed by atoms with van der Waals surface area (Å²) >= 11 is 6.23. The Bertz CT molecular complexity index is 929. The number of halogens is 1. The van der Waals surface area contributed by atoms with Gasteiger partial charge < -0.3 is 19.7 Å². The van der Waals surface area contributed by atoms with E-state index in [1.807, 2.05) is 32.0 Å². The fourth-order valence-corrected chi connectivity index (χ4v) is 3.51. The number of carbonyl (C=O) groups excluding carboxylic acids is 2. The first-order valence-electron chi connectivity index (χ1n) is 8.94. The van der Waals surface area contributed by atoms with Crippen LogP contribution in [0.5, 0.6) is 11.5 Å². The maximum Gasteiger partial charge on any atom is 0.229 e. The zero-order valence-corrected chi connectivity index (χ0v) is 17.1. The molecular weight excluding hydrogens is 380 g/mol. The lowest BCUT2D eigenvalue weighted by atomic mass is 10.1. The van der Waals surface area contributed by atoms with Crippen molar-refractivity contribution < 1.29 is 19.1 Å². The lowest BCUT2D eigenvalue weighted by Gasteiger charge is -2.21. The van der Waals surface area contributed by atoms with Gasteiger partial charge in [0, 0.05) is 24.7 Å². The lowest BCUT2D eigenvalue weighted by molar-refractivity contribution is -0.122. The Balaban J connectivity index is 1.81. The van der Waals surface area contributed by atoms with Gasteiger partial charge in [-0.25, -0.2) is 0 Å². The first-order chi connectivity index (χ1) is 13.3. The topological polar surface area (TPSA) is 67.9 Å². The molecule has 0 spiro atoms. The lowest BCUT2D eigenvalue weighted by Crippen LogP contribution is -2.28. The minimum atomic E-state index is -0.460. The van der Waals surface area contributed by atoms with Crippen molar-refractivity contribution in [1.29, 1.82) is 0 Å². The molecule has 3 rings (SSSR count). The van der Waals surface area contributed by atoms with E-state index in [4.69, 9.17) is 21.1 Å². The number of benzene rings is 2. The van der Waals surface area contributed by atoms with E-state index in [1.165, 1.54) is 19.1 Å². The quantitative estimate of drug-likeness (QED) is 0.821. The first kappa shape index (κ1) is 20.0. The van der Waals surface area contributed by atoms with E-state index in [0.717, 1.165) is 16.8 Å². The largest absolute Gasteiger partial charge is 0.495 e. The Labute approximate surface area is 169 Å². The summed E-state index contributed by atoms with van der Waals surface area (Å²) in [6, 6.07) is 9.14. The molecule has 148 valence electrons. The van der Waals surface area contributed by atoms with Crippen molar-refractivity contribution in [1.82, 2.24) is 0 Å². The van der Waals surface area contributed by atoms with E-state index in [-0.39, 0.29) is 24.8 Å². The molecule has 0 unspecified atom stereocenters.